The lowest BCUT2D eigenvalue weighted by atomic mass is 10.2. The number of ether oxygens (including phenoxy) is 1. The Balaban J connectivity index is 2.58. The number of carbonyl (C=O) groups excluding carboxylic acids is 1. The monoisotopic (exact) mass is 223 g/mol. The Kier molecular flexibility index (Phi) is 4.88. The number of nitrogens with one attached hydrogen (secondary N) is 1. The van der Waals surface area contributed by atoms with E-state index in [1.165, 1.54) is 0 Å². The van der Waals surface area contributed by atoms with E-state index in [9.17, 15) is 4.79 Å². The summed E-state index contributed by atoms with van der Waals surface area (Å²) in [4.78, 5) is 15.7. The summed E-state index contributed by atoms with van der Waals surface area (Å²) < 4.78 is 5.03. The molecule has 5 nitrogen and oxygen atoms in total. The Morgan fingerprint density at radius 1 is 1.69 bits per heavy atom. The molecular formula is C11H17N3O2. The van der Waals surface area contributed by atoms with Crippen molar-refractivity contribution in [1.29, 1.82) is 0 Å². The van der Waals surface area contributed by atoms with Gasteiger partial charge < -0.3 is 15.8 Å². The average molecular weight is 223 g/mol. The third-order valence-corrected chi connectivity index (χ3v) is 2.24. The number of aromatic nitrogens is 1. The molecule has 16 heavy (non-hydrogen) atoms. The molecule has 0 aliphatic heterocycles. The summed E-state index contributed by atoms with van der Waals surface area (Å²) in [7, 11) is 1.61. The number of nitrogens with zero attached hydrogens (tertiary/aromatic N) is 1. The van der Waals surface area contributed by atoms with Crippen molar-refractivity contribution in [3.63, 3.8) is 0 Å². The number of amides is 1. The van der Waals surface area contributed by atoms with Crippen molar-refractivity contribution in [2.75, 3.05) is 13.7 Å². The maximum Gasteiger partial charge on any atom is 0.251 e. The summed E-state index contributed by atoms with van der Waals surface area (Å²) >= 11 is 0. The third-order valence-electron chi connectivity index (χ3n) is 2.24. The molecule has 0 aliphatic carbocycles. The standard InChI is InChI=1S/C11H17N3O2/c1-8(16-2)7-14-11(15)9-3-4-13-10(5-9)6-12/h3-5,8H,6-7,12H2,1-2H3,(H,14,15). The van der Waals surface area contributed by atoms with Crippen LogP contribution in [0.15, 0.2) is 18.3 Å². The van der Waals surface area contributed by atoms with E-state index in [1.807, 2.05) is 6.92 Å². The highest BCUT2D eigenvalue weighted by Crippen LogP contribution is 2.01. The third kappa shape index (κ3) is 3.60. The number of nitrogens with two attached hydrogens (primary N) is 1. The lowest BCUT2D eigenvalue weighted by Gasteiger charge is -2.10. The first kappa shape index (κ1) is 12.6. The molecule has 88 valence electrons. The van der Waals surface area contributed by atoms with Gasteiger partial charge in [0, 0.05) is 32.0 Å². The molecule has 0 saturated carbocycles. The van der Waals surface area contributed by atoms with E-state index < -0.39 is 0 Å². The molecule has 0 radical (unpaired) electrons. The van der Waals surface area contributed by atoms with Crippen LogP contribution in [0.2, 0.25) is 0 Å². The fourth-order valence-corrected chi connectivity index (χ4v) is 1.15. The zero-order valence-electron chi connectivity index (χ0n) is 9.56. The van der Waals surface area contributed by atoms with Gasteiger partial charge in [0.2, 0.25) is 0 Å². The van der Waals surface area contributed by atoms with Gasteiger partial charge in [-0.15, -0.1) is 0 Å². The molecule has 1 rings (SSSR count). The summed E-state index contributed by atoms with van der Waals surface area (Å²) in [5.41, 5.74) is 6.72. The lowest BCUT2D eigenvalue weighted by Crippen LogP contribution is -2.31. The van der Waals surface area contributed by atoms with E-state index in [0.29, 0.717) is 24.3 Å². The van der Waals surface area contributed by atoms with Crippen LogP contribution in [0.5, 0.6) is 0 Å². The molecule has 1 unspecified atom stereocenters. The molecule has 0 aromatic carbocycles. The largest absolute Gasteiger partial charge is 0.380 e. The van der Waals surface area contributed by atoms with Crippen molar-refractivity contribution < 1.29 is 9.53 Å². The van der Waals surface area contributed by atoms with Crippen LogP contribution in [0, 0.1) is 0 Å². The van der Waals surface area contributed by atoms with Crippen LogP contribution in [0.1, 0.15) is 23.0 Å². The Morgan fingerprint density at radius 2 is 2.44 bits per heavy atom. The summed E-state index contributed by atoms with van der Waals surface area (Å²) in [6.45, 7) is 2.70. The second kappa shape index (κ2) is 6.19. The first-order valence-electron chi connectivity index (χ1n) is 5.13. The van der Waals surface area contributed by atoms with Gasteiger partial charge in [-0.25, -0.2) is 0 Å². The molecule has 0 fully saturated rings. The number of pyridine rings is 1. The highest BCUT2D eigenvalue weighted by molar-refractivity contribution is 5.94. The van der Waals surface area contributed by atoms with E-state index in [0.717, 1.165) is 0 Å². The lowest BCUT2D eigenvalue weighted by molar-refractivity contribution is 0.0870. The van der Waals surface area contributed by atoms with E-state index >= 15 is 0 Å². The highest BCUT2D eigenvalue weighted by atomic mass is 16.5. The number of rotatable bonds is 5. The van der Waals surface area contributed by atoms with Gasteiger partial charge in [-0.3, -0.25) is 9.78 Å². The van der Waals surface area contributed by atoms with Crippen molar-refractivity contribution in [3.05, 3.63) is 29.6 Å². The van der Waals surface area contributed by atoms with Gasteiger partial charge in [-0.1, -0.05) is 0 Å². The van der Waals surface area contributed by atoms with Crippen molar-refractivity contribution in [2.45, 2.75) is 19.6 Å². The minimum Gasteiger partial charge on any atom is -0.380 e. The van der Waals surface area contributed by atoms with Gasteiger partial charge in [-0.2, -0.15) is 0 Å². The van der Waals surface area contributed by atoms with Gasteiger partial charge in [0.15, 0.2) is 0 Å². The SMILES string of the molecule is COC(C)CNC(=O)c1ccnc(CN)c1. The van der Waals surface area contributed by atoms with Gasteiger partial charge in [0.25, 0.3) is 5.91 Å². The molecule has 0 bridgehead atoms. The summed E-state index contributed by atoms with van der Waals surface area (Å²) in [5, 5.41) is 2.77. The maximum atomic E-state index is 11.7. The van der Waals surface area contributed by atoms with E-state index in [2.05, 4.69) is 10.3 Å². The van der Waals surface area contributed by atoms with Crippen LogP contribution in [0.25, 0.3) is 0 Å². The highest BCUT2D eigenvalue weighted by Gasteiger charge is 2.07. The first-order chi connectivity index (χ1) is 7.67. The smallest absolute Gasteiger partial charge is 0.251 e. The van der Waals surface area contributed by atoms with Crippen LogP contribution in [0.3, 0.4) is 0 Å². The quantitative estimate of drug-likeness (QED) is 0.753. The number of hydrogen-bond donors (Lipinski definition) is 2. The summed E-state index contributed by atoms with van der Waals surface area (Å²) in [5.74, 6) is -0.138. The normalized spacial score (nSPS) is 12.2. The van der Waals surface area contributed by atoms with Crippen LogP contribution in [-0.4, -0.2) is 30.6 Å². The summed E-state index contributed by atoms with van der Waals surface area (Å²) in [6, 6.07) is 3.35. The van der Waals surface area contributed by atoms with Crippen LogP contribution in [-0.2, 0) is 11.3 Å². The molecule has 1 heterocycles. The van der Waals surface area contributed by atoms with Crippen LogP contribution in [0.4, 0.5) is 0 Å². The molecule has 0 aliphatic rings. The van der Waals surface area contributed by atoms with Crippen LogP contribution < -0.4 is 11.1 Å². The Labute approximate surface area is 95.0 Å². The van der Waals surface area contributed by atoms with E-state index in [4.69, 9.17) is 10.5 Å². The molecule has 1 amide bonds. The second-order valence-electron chi connectivity index (χ2n) is 3.50. The fraction of sp³-hybridized carbons (Fsp3) is 0.455. The first-order valence-corrected chi connectivity index (χ1v) is 5.13. The number of hydrogen-bond acceptors (Lipinski definition) is 4. The van der Waals surface area contributed by atoms with Crippen molar-refractivity contribution in [2.24, 2.45) is 5.73 Å². The Bertz CT molecular complexity index is 355. The topological polar surface area (TPSA) is 77.2 Å². The molecule has 1 aromatic heterocycles. The van der Waals surface area contributed by atoms with Gasteiger partial charge >= 0.3 is 0 Å². The molecular weight excluding hydrogens is 206 g/mol. The Hall–Kier alpha value is -1.46. The molecule has 3 N–H and O–H groups in total. The predicted octanol–water partition coefficient (Wildman–Crippen LogP) is 0.305. The minimum atomic E-state index is -0.138. The molecule has 1 atom stereocenters. The molecule has 1 aromatic rings. The van der Waals surface area contributed by atoms with E-state index in [-0.39, 0.29) is 12.0 Å². The minimum absolute atomic E-state index is 0.000217. The predicted molar refractivity (Wildman–Crippen MR) is 60.9 cm³/mol. The van der Waals surface area contributed by atoms with Gasteiger partial charge in [0.1, 0.15) is 0 Å². The zero-order valence-corrected chi connectivity index (χ0v) is 9.56. The van der Waals surface area contributed by atoms with Crippen molar-refractivity contribution >= 4 is 5.91 Å². The molecule has 5 heteroatoms. The summed E-state index contributed by atoms with van der Waals surface area (Å²) in [6.07, 6.45) is 1.58. The molecule has 0 saturated heterocycles. The maximum absolute atomic E-state index is 11.7. The van der Waals surface area contributed by atoms with Crippen molar-refractivity contribution in [1.82, 2.24) is 10.3 Å². The van der Waals surface area contributed by atoms with Gasteiger partial charge in [0.05, 0.1) is 11.8 Å². The Morgan fingerprint density at radius 3 is 3.06 bits per heavy atom. The van der Waals surface area contributed by atoms with Crippen molar-refractivity contribution in [3.8, 4) is 0 Å². The fourth-order valence-electron chi connectivity index (χ4n) is 1.15. The van der Waals surface area contributed by atoms with Crippen LogP contribution >= 0.6 is 0 Å². The van der Waals surface area contributed by atoms with E-state index in [1.54, 1.807) is 25.4 Å². The number of methoxy groups -OCH3 is 1. The zero-order chi connectivity index (χ0) is 12.0. The second-order valence-corrected chi connectivity index (χ2v) is 3.50. The number of carbonyl (C=O) groups is 1. The van der Waals surface area contributed by atoms with Gasteiger partial charge in [-0.05, 0) is 19.1 Å². The average Bonchev–Trinajstić information content (AvgIpc) is 2.35. The molecule has 0 spiro atoms.